The smallest absolute Gasteiger partial charge is 0.174 e. The highest BCUT2D eigenvalue weighted by molar-refractivity contribution is 6.33. The molecule has 6 heterocycles. The lowest BCUT2D eigenvalue weighted by Crippen LogP contribution is -2.56. The first-order valence-corrected chi connectivity index (χ1v) is 16.3. The summed E-state index contributed by atoms with van der Waals surface area (Å²) in [5.41, 5.74) is 4.01. The fourth-order valence-corrected chi connectivity index (χ4v) is 7.23. The lowest BCUT2D eigenvalue weighted by Gasteiger charge is -2.47. The number of aromatic nitrogens is 8. The summed E-state index contributed by atoms with van der Waals surface area (Å²) in [6.45, 7) is 8.50. The van der Waals surface area contributed by atoms with E-state index < -0.39 is 0 Å². The summed E-state index contributed by atoms with van der Waals surface area (Å²) in [4.78, 5) is 38.1. The normalized spacial score (nSPS) is 19.6. The van der Waals surface area contributed by atoms with E-state index in [9.17, 15) is 0 Å². The maximum Gasteiger partial charge on any atom is 0.174 e. The molecule has 7 rings (SSSR count). The Morgan fingerprint density at radius 3 is 2.22 bits per heavy atom. The first-order valence-electron chi connectivity index (χ1n) is 15.9. The molecule has 2 aliphatic heterocycles. The van der Waals surface area contributed by atoms with Gasteiger partial charge >= 0.3 is 0 Å². The molecule has 0 saturated carbocycles. The largest absolute Gasteiger partial charge is 0.492 e. The molecular formula is C31H39ClN12O2. The second kappa shape index (κ2) is 13.2. The van der Waals surface area contributed by atoms with Crippen molar-refractivity contribution >= 4 is 45.6 Å². The predicted octanol–water partition coefficient (Wildman–Crippen LogP) is 4.10. The third kappa shape index (κ3) is 5.87. The summed E-state index contributed by atoms with van der Waals surface area (Å²) in [5, 5.41) is 2.32. The van der Waals surface area contributed by atoms with Gasteiger partial charge in [0.15, 0.2) is 28.4 Å². The monoisotopic (exact) mass is 646 g/mol. The topological polar surface area (TPSA) is 163 Å². The third-order valence-electron chi connectivity index (χ3n) is 9.17. The Kier molecular flexibility index (Phi) is 8.73. The van der Waals surface area contributed by atoms with Crippen LogP contribution in [0.2, 0.25) is 5.02 Å². The molecule has 4 N–H and O–H groups in total. The van der Waals surface area contributed by atoms with E-state index in [1.54, 1.807) is 24.0 Å². The number of nitrogens with zero attached hydrogens (tertiary/aromatic N) is 9. The summed E-state index contributed by atoms with van der Waals surface area (Å²) >= 11 is 6.57. The number of benzene rings is 1. The van der Waals surface area contributed by atoms with Gasteiger partial charge in [0.05, 0.1) is 31.9 Å². The maximum atomic E-state index is 6.82. The zero-order chi connectivity index (χ0) is 31.6. The van der Waals surface area contributed by atoms with Crippen molar-refractivity contribution in [2.75, 3.05) is 42.8 Å². The molecular weight excluding hydrogens is 608 g/mol. The van der Waals surface area contributed by atoms with Gasteiger partial charge in [-0.1, -0.05) is 11.6 Å². The van der Waals surface area contributed by atoms with Crippen LogP contribution in [-0.2, 0) is 6.54 Å². The minimum Gasteiger partial charge on any atom is -0.492 e. The van der Waals surface area contributed by atoms with Crippen LogP contribution in [0.5, 0.6) is 11.5 Å². The van der Waals surface area contributed by atoms with Crippen molar-refractivity contribution in [3.8, 4) is 11.5 Å². The van der Waals surface area contributed by atoms with Crippen molar-refractivity contribution in [1.29, 1.82) is 0 Å². The quantitative estimate of drug-likeness (QED) is 0.147. The highest BCUT2D eigenvalue weighted by Gasteiger charge is 2.39. The Bertz CT molecular complexity index is 1760. The van der Waals surface area contributed by atoms with Crippen molar-refractivity contribution in [2.45, 2.75) is 58.2 Å². The molecule has 0 bridgehead atoms. The van der Waals surface area contributed by atoms with Crippen LogP contribution in [0.4, 0.5) is 11.6 Å². The molecule has 2 saturated heterocycles. The highest BCUT2D eigenvalue weighted by atomic mass is 35.5. The molecule has 2 fully saturated rings. The van der Waals surface area contributed by atoms with Gasteiger partial charge in [-0.05, 0) is 76.2 Å². The number of aromatic amines is 2. The summed E-state index contributed by atoms with van der Waals surface area (Å²) in [6.07, 6.45) is 10.2. The summed E-state index contributed by atoms with van der Waals surface area (Å²) in [5.74, 6) is 10.1. The molecule has 46 heavy (non-hydrogen) atoms. The average Bonchev–Trinajstić information content (AvgIpc) is 3.77. The number of halogens is 1. The average molecular weight is 647 g/mol. The first-order chi connectivity index (χ1) is 22.5. The number of likely N-dealkylation sites (tertiary alicyclic amines) is 1. The number of hydrazine groups is 1. The van der Waals surface area contributed by atoms with Crippen LogP contribution < -0.4 is 25.2 Å². The van der Waals surface area contributed by atoms with Crippen molar-refractivity contribution in [3.63, 3.8) is 0 Å². The van der Waals surface area contributed by atoms with Gasteiger partial charge in [0, 0.05) is 19.1 Å². The SMILES string of the molecule is CCOc1cc(CN2CCC(C3CC(N(N)c4ncnc5[nH]cnc45)CCN3c3ncnc4[nH]cnc34)CC2)cc(OCC)c1Cl. The Balaban J connectivity index is 1.11. The fraction of sp³-hybridized carbons (Fsp3) is 0.484. The van der Waals surface area contributed by atoms with Gasteiger partial charge in [-0.25, -0.2) is 35.7 Å². The minimum absolute atomic E-state index is 0.0635. The van der Waals surface area contributed by atoms with Crippen molar-refractivity contribution in [2.24, 2.45) is 11.8 Å². The minimum atomic E-state index is 0.0635. The Labute approximate surface area is 271 Å². The fourth-order valence-electron chi connectivity index (χ4n) is 7.01. The zero-order valence-electron chi connectivity index (χ0n) is 26.1. The lowest BCUT2D eigenvalue weighted by molar-refractivity contribution is 0.148. The molecule has 5 aromatic rings. The van der Waals surface area contributed by atoms with E-state index in [1.807, 2.05) is 26.0 Å². The number of hydrogen-bond acceptors (Lipinski definition) is 12. The van der Waals surface area contributed by atoms with Gasteiger partial charge in [0.25, 0.3) is 0 Å². The van der Waals surface area contributed by atoms with Crippen molar-refractivity contribution in [1.82, 2.24) is 44.8 Å². The van der Waals surface area contributed by atoms with Gasteiger partial charge in [-0.15, -0.1) is 0 Å². The van der Waals surface area contributed by atoms with Crippen LogP contribution in [0.15, 0.2) is 37.4 Å². The van der Waals surface area contributed by atoms with Crippen LogP contribution in [0.25, 0.3) is 22.3 Å². The molecule has 0 spiro atoms. The number of nitrogens with one attached hydrogen (secondary N) is 2. The Hall–Kier alpha value is -4.27. The second-order valence-electron chi connectivity index (χ2n) is 11.8. The molecule has 14 nitrogen and oxygen atoms in total. The molecule has 2 atom stereocenters. The molecule has 2 unspecified atom stereocenters. The lowest BCUT2D eigenvalue weighted by atomic mass is 9.81. The van der Waals surface area contributed by atoms with Crippen LogP contribution in [0.1, 0.15) is 45.1 Å². The van der Waals surface area contributed by atoms with Crippen LogP contribution in [-0.4, -0.2) is 89.7 Å². The van der Waals surface area contributed by atoms with E-state index in [1.165, 1.54) is 6.33 Å². The standard InChI is InChI=1S/C31H39ClN12O2/c1-3-45-23-11-19(12-24(25(23)32)46-4-2)14-42-8-5-20(6-9-42)22-13-21(44(33)31-27-29(37-16-35-27)39-18-41-31)7-10-43(22)30-26-28(36-15-34-26)38-17-40-30/h11-12,15-18,20-22H,3-10,13-14,33H2,1-2H3,(H,34,36,38,40)(H,35,37,39,41). The molecule has 2 aliphatic rings. The number of piperidine rings is 2. The van der Waals surface area contributed by atoms with Gasteiger partial charge in [0.1, 0.15) is 34.7 Å². The van der Waals surface area contributed by atoms with Crippen LogP contribution in [0.3, 0.4) is 0 Å². The maximum absolute atomic E-state index is 6.82. The predicted molar refractivity (Wildman–Crippen MR) is 176 cm³/mol. The molecule has 0 amide bonds. The van der Waals surface area contributed by atoms with Crippen LogP contribution in [0, 0.1) is 5.92 Å². The Morgan fingerprint density at radius 1 is 0.870 bits per heavy atom. The summed E-state index contributed by atoms with van der Waals surface area (Å²) < 4.78 is 11.7. The van der Waals surface area contributed by atoms with Crippen molar-refractivity contribution < 1.29 is 9.47 Å². The molecule has 15 heteroatoms. The molecule has 0 radical (unpaired) electrons. The number of rotatable bonds is 10. The number of imidazole rings is 2. The van der Waals surface area contributed by atoms with Gasteiger partial charge in [0.2, 0.25) is 0 Å². The van der Waals surface area contributed by atoms with E-state index in [4.69, 9.17) is 31.9 Å². The molecule has 4 aromatic heterocycles. The number of hydrogen-bond donors (Lipinski definition) is 3. The number of nitrogens with two attached hydrogens (primary N) is 1. The Morgan fingerprint density at radius 2 is 1.52 bits per heavy atom. The second-order valence-corrected chi connectivity index (χ2v) is 12.2. The number of fused-ring (bicyclic) bond motifs is 2. The molecule has 0 aliphatic carbocycles. The number of ether oxygens (including phenoxy) is 2. The van der Waals surface area contributed by atoms with Gasteiger partial charge < -0.3 is 24.3 Å². The van der Waals surface area contributed by atoms with E-state index in [0.29, 0.717) is 52.6 Å². The van der Waals surface area contributed by atoms with Gasteiger partial charge in [-0.3, -0.25) is 9.91 Å². The number of anilines is 2. The van der Waals surface area contributed by atoms with E-state index in [2.05, 4.69) is 44.7 Å². The van der Waals surface area contributed by atoms with Gasteiger partial charge in [-0.2, -0.15) is 0 Å². The number of H-pyrrole nitrogens is 2. The highest BCUT2D eigenvalue weighted by Crippen LogP contribution is 2.39. The van der Waals surface area contributed by atoms with E-state index >= 15 is 0 Å². The first kappa shape index (κ1) is 30.4. The molecule has 1 aromatic carbocycles. The van der Waals surface area contributed by atoms with E-state index in [0.717, 1.165) is 74.4 Å². The summed E-state index contributed by atoms with van der Waals surface area (Å²) in [7, 11) is 0. The van der Waals surface area contributed by atoms with E-state index in [-0.39, 0.29) is 12.1 Å². The summed E-state index contributed by atoms with van der Waals surface area (Å²) in [6, 6.07) is 4.34. The third-order valence-corrected chi connectivity index (χ3v) is 9.54. The van der Waals surface area contributed by atoms with Crippen molar-refractivity contribution in [3.05, 3.63) is 48.0 Å². The van der Waals surface area contributed by atoms with Crippen LogP contribution >= 0.6 is 11.6 Å². The molecule has 242 valence electrons. The zero-order valence-corrected chi connectivity index (χ0v) is 26.8.